The van der Waals surface area contributed by atoms with Crippen LogP contribution in [-0.4, -0.2) is 90.9 Å². The maximum absolute atomic E-state index is 12.8. The van der Waals surface area contributed by atoms with Crippen LogP contribution in [-0.2, 0) is 52.3 Å². The third kappa shape index (κ3) is 11.0. The second-order valence-electron chi connectivity index (χ2n) is 13.3. The highest BCUT2D eigenvalue weighted by atomic mass is 32.2. The van der Waals surface area contributed by atoms with Gasteiger partial charge in [0.05, 0.1) is 29.0 Å². The predicted octanol–water partition coefficient (Wildman–Crippen LogP) is 2.22. The van der Waals surface area contributed by atoms with Crippen LogP contribution < -0.4 is 21.3 Å². The minimum atomic E-state index is -4.26. The number of nitrogens with one attached hydrogen (secondary N) is 5. The molecule has 18 heteroatoms. The Hall–Kier alpha value is -5.17. The smallest absolute Gasteiger partial charge is 0.266 e. The molecule has 0 spiro atoms. The van der Waals surface area contributed by atoms with Crippen LogP contribution in [0, 0.1) is 6.92 Å². The van der Waals surface area contributed by atoms with E-state index in [4.69, 9.17) is 14.1 Å². The lowest BCUT2D eigenvalue weighted by molar-refractivity contribution is -0.121. The fraction of sp³-hybridized carbons (Fsp3) is 0.378. The molecule has 0 bridgehead atoms. The summed E-state index contributed by atoms with van der Waals surface area (Å²) in [4.78, 5) is 59.0. The summed E-state index contributed by atoms with van der Waals surface area (Å²) in [7, 11) is -8.53. The SMILES string of the molecule is C=CC1=C(C)C(=O)NC1=CC1=NC(Cc2[nH]c(/C=C3/NC(=O)C(C=C)=C3C)c(C)c2CCC(=O)NCCS(=O)(=O)O)C(CCC(=O)NCCS(=O)(=O)O)=C1C. The maximum Gasteiger partial charge on any atom is 0.266 e. The first-order chi connectivity index (χ1) is 25.7. The Morgan fingerprint density at radius 2 is 1.35 bits per heavy atom. The standard InChI is InChI=1S/C37H46N6O10S2/c1-7-24-23(6)36(46)43-31(24)18-29-22(5)27(10-12-35(45)39-14-16-55(51,52)53)33(41-29)19-32-26(9-11-34(44)38-13-15-54(48,49)50)21(4)28(40-32)17-30-20(3)25(8-2)37(47)42-30/h7-8,17-18,33,40H,1-2,9-16,19H2,3-6H3,(H,38,44)(H,39,45)(H,42,47)(H,43,46)(H,48,49,50)(H,51,52,53)/b30-17+,31-18?. The topological polar surface area (TPSA) is 253 Å². The number of hydrogen-bond donors (Lipinski definition) is 7. The highest BCUT2D eigenvalue weighted by Gasteiger charge is 2.30. The Kier molecular flexibility index (Phi) is 13.6. The third-order valence-electron chi connectivity index (χ3n) is 9.62. The second kappa shape index (κ2) is 17.5. The molecule has 0 fully saturated rings. The van der Waals surface area contributed by atoms with Crippen molar-refractivity contribution in [3.8, 4) is 0 Å². The molecule has 0 saturated heterocycles. The number of aromatic amines is 1. The summed E-state index contributed by atoms with van der Waals surface area (Å²) in [5.41, 5.74) is 8.43. The number of amides is 4. The summed E-state index contributed by atoms with van der Waals surface area (Å²) in [6.07, 6.45) is 7.31. The average Bonchev–Trinajstić information content (AvgIpc) is 3.73. The van der Waals surface area contributed by atoms with Gasteiger partial charge in [0.2, 0.25) is 11.8 Å². The number of aliphatic imine (C=N–C) groups is 1. The van der Waals surface area contributed by atoms with Crippen LogP contribution in [0.5, 0.6) is 0 Å². The first kappa shape index (κ1) is 42.6. The average molecular weight is 799 g/mol. The van der Waals surface area contributed by atoms with Gasteiger partial charge in [-0.15, -0.1) is 0 Å². The molecule has 1 aromatic rings. The van der Waals surface area contributed by atoms with E-state index in [-0.39, 0.29) is 57.0 Å². The van der Waals surface area contributed by atoms with Crippen molar-refractivity contribution >= 4 is 55.7 Å². The van der Waals surface area contributed by atoms with E-state index in [0.29, 0.717) is 50.8 Å². The zero-order chi connectivity index (χ0) is 40.8. The van der Waals surface area contributed by atoms with E-state index in [1.54, 1.807) is 32.1 Å². The largest absolute Gasteiger partial charge is 0.358 e. The van der Waals surface area contributed by atoms with E-state index in [1.165, 1.54) is 6.08 Å². The number of rotatable bonds is 18. The first-order valence-corrected chi connectivity index (χ1v) is 20.6. The van der Waals surface area contributed by atoms with Gasteiger partial charge in [0.25, 0.3) is 32.1 Å². The molecular formula is C37H46N6O10S2. The highest BCUT2D eigenvalue weighted by molar-refractivity contribution is 7.86. The Labute approximate surface area is 320 Å². The van der Waals surface area contributed by atoms with Crippen LogP contribution in [0.25, 0.3) is 6.08 Å². The lowest BCUT2D eigenvalue weighted by Gasteiger charge is -2.15. The van der Waals surface area contributed by atoms with Gasteiger partial charge in [0.1, 0.15) is 0 Å². The van der Waals surface area contributed by atoms with E-state index in [0.717, 1.165) is 22.3 Å². The van der Waals surface area contributed by atoms with Crippen LogP contribution in [0.3, 0.4) is 0 Å². The Bertz CT molecular complexity index is 2250. The first-order valence-electron chi connectivity index (χ1n) is 17.4. The third-order valence-corrected chi connectivity index (χ3v) is 11.1. The minimum Gasteiger partial charge on any atom is -0.358 e. The van der Waals surface area contributed by atoms with Gasteiger partial charge in [0, 0.05) is 66.2 Å². The molecule has 0 saturated carbocycles. The second-order valence-corrected chi connectivity index (χ2v) is 16.4. The van der Waals surface area contributed by atoms with Crippen molar-refractivity contribution < 1.29 is 45.1 Å². The molecule has 296 valence electrons. The lowest BCUT2D eigenvalue weighted by atomic mass is 9.93. The van der Waals surface area contributed by atoms with Gasteiger partial charge in [0.15, 0.2) is 0 Å². The van der Waals surface area contributed by atoms with Gasteiger partial charge < -0.3 is 26.3 Å². The van der Waals surface area contributed by atoms with Crippen LogP contribution in [0.4, 0.5) is 0 Å². The van der Waals surface area contributed by atoms with E-state index in [9.17, 15) is 36.0 Å². The molecule has 4 rings (SSSR count). The summed E-state index contributed by atoms with van der Waals surface area (Å²) in [5.74, 6) is -2.68. The quantitative estimate of drug-likeness (QED) is 0.107. The molecule has 16 nitrogen and oxygen atoms in total. The van der Waals surface area contributed by atoms with Crippen LogP contribution >= 0.6 is 0 Å². The molecule has 3 aliphatic heterocycles. The number of carbonyl (C=O) groups excluding carboxylic acids is 4. The molecule has 4 amide bonds. The Morgan fingerprint density at radius 1 is 0.782 bits per heavy atom. The van der Waals surface area contributed by atoms with Crippen molar-refractivity contribution in [2.24, 2.45) is 4.99 Å². The number of allylic oxidation sites excluding steroid dienone is 4. The van der Waals surface area contributed by atoms with Gasteiger partial charge in [-0.1, -0.05) is 25.3 Å². The molecule has 0 aliphatic carbocycles. The van der Waals surface area contributed by atoms with Crippen molar-refractivity contribution in [1.82, 2.24) is 26.3 Å². The Balaban J connectivity index is 1.71. The molecule has 0 aromatic carbocycles. The molecule has 3 aliphatic rings. The summed E-state index contributed by atoms with van der Waals surface area (Å²) >= 11 is 0. The molecule has 7 N–H and O–H groups in total. The molecule has 0 radical (unpaired) electrons. The van der Waals surface area contributed by atoms with E-state index in [2.05, 4.69) is 39.4 Å². The minimum absolute atomic E-state index is 0.0175. The van der Waals surface area contributed by atoms with Crippen LogP contribution in [0.2, 0.25) is 0 Å². The fourth-order valence-electron chi connectivity index (χ4n) is 6.55. The molecular weight excluding hydrogens is 753 g/mol. The van der Waals surface area contributed by atoms with Gasteiger partial charge >= 0.3 is 0 Å². The summed E-state index contributed by atoms with van der Waals surface area (Å²) in [6, 6.07) is -0.520. The molecule has 1 aromatic heterocycles. The zero-order valence-corrected chi connectivity index (χ0v) is 32.7. The summed E-state index contributed by atoms with van der Waals surface area (Å²) in [6.45, 7) is 14.2. The van der Waals surface area contributed by atoms with Gasteiger partial charge in [-0.2, -0.15) is 16.8 Å². The monoisotopic (exact) mass is 798 g/mol. The Morgan fingerprint density at radius 3 is 1.89 bits per heavy atom. The van der Waals surface area contributed by atoms with Crippen LogP contribution in [0.1, 0.15) is 62.5 Å². The van der Waals surface area contributed by atoms with Crippen LogP contribution in [0.15, 0.2) is 81.2 Å². The number of carbonyl (C=O) groups is 4. The van der Waals surface area contributed by atoms with E-state index in [1.807, 2.05) is 13.8 Å². The van der Waals surface area contributed by atoms with Crippen molar-refractivity contribution in [3.63, 3.8) is 0 Å². The van der Waals surface area contributed by atoms with E-state index >= 15 is 0 Å². The van der Waals surface area contributed by atoms with Crippen molar-refractivity contribution in [2.45, 2.75) is 65.8 Å². The molecule has 1 atom stereocenters. The number of hydrogen-bond acceptors (Lipinski definition) is 9. The van der Waals surface area contributed by atoms with Gasteiger partial charge in [-0.3, -0.25) is 33.3 Å². The number of H-pyrrole nitrogens is 1. The maximum atomic E-state index is 12.8. The summed E-state index contributed by atoms with van der Waals surface area (Å²) < 4.78 is 62.6. The lowest BCUT2D eigenvalue weighted by Crippen LogP contribution is -2.29. The molecule has 55 heavy (non-hydrogen) atoms. The normalized spacial score (nSPS) is 19.0. The predicted molar refractivity (Wildman–Crippen MR) is 208 cm³/mol. The summed E-state index contributed by atoms with van der Waals surface area (Å²) in [5, 5.41) is 10.7. The number of aromatic nitrogens is 1. The molecule has 1 unspecified atom stereocenters. The number of nitrogens with zero attached hydrogens (tertiary/aromatic N) is 1. The van der Waals surface area contributed by atoms with Crippen molar-refractivity contribution in [2.75, 3.05) is 24.6 Å². The van der Waals surface area contributed by atoms with Crippen molar-refractivity contribution in [1.29, 1.82) is 0 Å². The zero-order valence-electron chi connectivity index (χ0n) is 31.1. The van der Waals surface area contributed by atoms with Crippen molar-refractivity contribution in [3.05, 3.63) is 98.7 Å². The van der Waals surface area contributed by atoms with E-state index < -0.39 is 49.6 Å². The highest BCUT2D eigenvalue weighted by Crippen LogP contribution is 2.33. The molecule has 4 heterocycles. The van der Waals surface area contributed by atoms with Gasteiger partial charge in [-0.05, 0) is 80.5 Å². The fourth-order valence-corrected chi connectivity index (χ4v) is 7.27. The van der Waals surface area contributed by atoms with Gasteiger partial charge in [-0.25, -0.2) is 0 Å².